The van der Waals surface area contributed by atoms with Gasteiger partial charge in [-0.3, -0.25) is 0 Å². The predicted octanol–water partition coefficient (Wildman–Crippen LogP) is 37.3. The molecular weight excluding hydrogens is 1570 g/mol. The molecule has 4 heterocycles. The Morgan fingerprint density at radius 2 is 0.331 bits per heavy atom. The third-order valence-corrected chi connectivity index (χ3v) is 36.4. The van der Waals surface area contributed by atoms with Gasteiger partial charge in [-0.05, 0) is 246 Å². The van der Waals surface area contributed by atoms with Crippen molar-refractivity contribution in [3.05, 3.63) is 413 Å². The summed E-state index contributed by atoms with van der Waals surface area (Å²) < 4.78 is 0. The van der Waals surface area contributed by atoms with Gasteiger partial charge in [0.05, 0.1) is 0 Å². The molecule has 0 spiro atoms. The molecule has 0 amide bonds. The fraction of sp³-hybridized carbons (Fsp3) is 0.0333. The standard InChI is InChI=1S/2C60H40P2/c1-61-54-34-12-10-20-40(54)50-32-16-30-48(59(50)61)38-26-14-28-46-52(38)36-53-39(49-31-17-33-51-41-21-11-13-35-55(41)62(2)60(49)51)27-15-29-47(53)58(46)57-44-24-8-6-22-42(44)56(37-18-4-3-5-19-37)43-23-7-9-25-45(43)57;1-61-52-32-12-10-24-48(52)57-40(30-16-34-54(57)61)38-26-14-28-46-50(38)36-51-39(41-31-17-35-55-58(41)49-25-11-13-33-53(49)62(55)2)27-15-29-47(51)60(46)59-44-22-8-6-20-42(44)56(37-18-4-3-5-19-37)43-21-7-9-23-45(43)59/h2*3-36H,1-2H3. The van der Waals surface area contributed by atoms with Crippen LogP contribution in [0.2, 0.25) is 0 Å². The number of aryl methyl sites for hydroxylation is 4. The number of fused-ring (bicyclic) bond motifs is 20. The molecule has 0 fully saturated rings. The van der Waals surface area contributed by atoms with Crippen LogP contribution in [-0.2, 0) is 26.7 Å². The molecule has 4 aromatic heterocycles. The molecule has 0 bridgehead atoms. The first-order valence-corrected chi connectivity index (χ1v) is 50.3. The van der Waals surface area contributed by atoms with E-state index in [4.69, 9.17) is 0 Å². The van der Waals surface area contributed by atoms with Gasteiger partial charge in [0, 0.05) is 51.7 Å². The monoisotopic (exact) mass is 1640 g/mol. The maximum atomic E-state index is 2.56. The van der Waals surface area contributed by atoms with Gasteiger partial charge in [-0.15, -0.1) is 30.1 Å². The number of hydrogen-bond acceptors (Lipinski definition) is 0. The molecule has 580 valence electrons. The highest BCUT2D eigenvalue weighted by Gasteiger charge is 2.28. The van der Waals surface area contributed by atoms with Crippen LogP contribution in [-0.4, -0.2) is 0 Å². The molecule has 124 heavy (non-hydrogen) atoms. The van der Waals surface area contributed by atoms with Crippen LogP contribution in [0.1, 0.15) is 0 Å². The van der Waals surface area contributed by atoms with E-state index in [0.717, 1.165) is 0 Å². The molecule has 22 aromatic carbocycles. The number of hydrogen-bond donors (Lipinski definition) is 0. The van der Waals surface area contributed by atoms with E-state index in [1.54, 1.807) is 0 Å². The number of benzene rings is 22. The molecular formula is C120H80P4. The Labute approximate surface area is 723 Å². The summed E-state index contributed by atoms with van der Waals surface area (Å²) in [5.41, 5.74) is 20.8. The minimum Gasteiger partial charge on any atom is -0.112 e. The molecule has 0 aliphatic heterocycles. The fourth-order valence-corrected chi connectivity index (χ4v) is 30.7. The quantitative estimate of drug-likeness (QED) is 0.133. The van der Waals surface area contributed by atoms with Crippen LogP contribution >= 0.6 is 30.1 Å². The minimum absolute atomic E-state index is 0.441. The van der Waals surface area contributed by atoms with Crippen LogP contribution < -0.4 is 0 Å². The molecule has 4 atom stereocenters. The van der Waals surface area contributed by atoms with E-state index in [1.807, 2.05) is 0 Å². The Hall–Kier alpha value is -13.9. The SMILES string of the molecule is Cp1c2ccccc2c2c(-c3cccc4c(-c5c6ccccc6c(-c6ccccc6)c6ccccc56)c5cccc(-c6cccc7c6c6ccccc6p7C)c5cc34)cccc21.Cp1c2ccccc2c2cccc(-c3cccc4c(-c5c6ccccc6c(-c6ccccc6)c6ccccc56)c5cccc(-c6cccc7c8ccccc8p(C)c67)c5cc34)c21. The maximum absolute atomic E-state index is 2.56. The molecule has 4 heteroatoms. The molecule has 4 unspecified atom stereocenters. The van der Waals surface area contributed by atoms with Crippen LogP contribution in [0.25, 0.3) is 259 Å². The van der Waals surface area contributed by atoms with Crippen molar-refractivity contribution in [3.8, 4) is 89.0 Å². The van der Waals surface area contributed by atoms with E-state index >= 15 is 0 Å². The Kier molecular flexibility index (Phi) is 17.0. The van der Waals surface area contributed by atoms with Gasteiger partial charge in [0.15, 0.2) is 0 Å². The van der Waals surface area contributed by atoms with Crippen LogP contribution in [0.3, 0.4) is 0 Å². The maximum Gasteiger partial charge on any atom is 0.00996 e. The highest BCUT2D eigenvalue weighted by molar-refractivity contribution is 7.61. The molecule has 0 saturated carbocycles. The third-order valence-electron chi connectivity index (χ3n) is 27.5. The molecule has 0 radical (unpaired) electrons. The van der Waals surface area contributed by atoms with E-state index in [0.29, 0.717) is 0 Å². The molecule has 0 aliphatic rings. The Morgan fingerprint density at radius 3 is 0.645 bits per heavy atom. The topological polar surface area (TPSA) is 0 Å². The zero-order chi connectivity index (χ0) is 82.1. The van der Waals surface area contributed by atoms with Gasteiger partial charge in [0.2, 0.25) is 0 Å². The summed E-state index contributed by atoms with van der Waals surface area (Å²) in [6, 6.07) is 156. The Morgan fingerprint density at radius 1 is 0.129 bits per heavy atom. The number of rotatable bonds is 8. The predicted molar refractivity (Wildman–Crippen MR) is 551 cm³/mol. The van der Waals surface area contributed by atoms with Crippen molar-refractivity contribution in [2.75, 3.05) is 0 Å². The summed E-state index contributed by atoms with van der Waals surface area (Å²) in [6.07, 6.45) is 0. The first kappa shape index (κ1) is 72.9. The zero-order valence-electron chi connectivity index (χ0n) is 69.0. The van der Waals surface area contributed by atoms with E-state index in [-0.39, 0.29) is 0 Å². The lowest BCUT2D eigenvalue weighted by Crippen LogP contribution is -1.94. The average Bonchev–Trinajstić information content (AvgIpc) is 0.954. The molecule has 0 aliphatic carbocycles. The molecule has 26 aromatic rings. The second kappa shape index (κ2) is 28.9. The minimum atomic E-state index is -0.527. The summed E-state index contributed by atoms with van der Waals surface area (Å²) in [5, 5.41) is 43.4. The normalized spacial score (nSPS) is 12.6. The van der Waals surface area contributed by atoms with Gasteiger partial charge in [-0.2, -0.15) is 0 Å². The van der Waals surface area contributed by atoms with Crippen molar-refractivity contribution in [2.24, 2.45) is 26.7 Å². The fourth-order valence-electron chi connectivity index (χ4n) is 22.2. The summed E-state index contributed by atoms with van der Waals surface area (Å²) in [6.45, 7) is 9.77. The second-order valence-electron chi connectivity index (χ2n) is 33.6. The summed E-state index contributed by atoms with van der Waals surface area (Å²) in [5.74, 6) is 0. The average molecular weight is 1650 g/mol. The largest absolute Gasteiger partial charge is 0.112 e. The lowest BCUT2D eigenvalue weighted by atomic mass is 9.81. The van der Waals surface area contributed by atoms with Crippen molar-refractivity contribution < 1.29 is 0 Å². The summed E-state index contributed by atoms with van der Waals surface area (Å²) in [4.78, 5) is 0. The van der Waals surface area contributed by atoms with E-state index in [2.05, 4.69) is 439 Å². The van der Waals surface area contributed by atoms with Crippen LogP contribution in [0.5, 0.6) is 0 Å². The lowest BCUT2D eigenvalue weighted by molar-refractivity contribution is 1.66. The van der Waals surface area contributed by atoms with Crippen molar-refractivity contribution in [1.82, 2.24) is 0 Å². The summed E-state index contributed by atoms with van der Waals surface area (Å²) in [7, 11) is -1.94. The van der Waals surface area contributed by atoms with Gasteiger partial charge in [0.1, 0.15) is 0 Å². The molecule has 26 rings (SSSR count). The summed E-state index contributed by atoms with van der Waals surface area (Å²) >= 11 is 0. The molecule has 0 nitrogen and oxygen atoms in total. The van der Waals surface area contributed by atoms with Crippen molar-refractivity contribution in [3.63, 3.8) is 0 Å². The molecule has 0 N–H and O–H groups in total. The van der Waals surface area contributed by atoms with Gasteiger partial charge < -0.3 is 0 Å². The molecule has 0 saturated heterocycles. The highest BCUT2D eigenvalue weighted by atomic mass is 31.1. The van der Waals surface area contributed by atoms with Gasteiger partial charge in [-0.1, -0.05) is 400 Å². The van der Waals surface area contributed by atoms with Crippen LogP contribution in [0.4, 0.5) is 0 Å². The Bertz CT molecular complexity index is 8570. The van der Waals surface area contributed by atoms with E-state index in [9.17, 15) is 0 Å². The van der Waals surface area contributed by atoms with E-state index < -0.39 is 30.1 Å². The first-order valence-electron chi connectivity index (χ1n) is 43.1. The van der Waals surface area contributed by atoms with Crippen LogP contribution in [0, 0.1) is 0 Å². The zero-order valence-corrected chi connectivity index (χ0v) is 72.6. The Balaban J connectivity index is 0.000000136. The second-order valence-corrected chi connectivity index (χ2v) is 41.9. The lowest BCUT2D eigenvalue weighted by Gasteiger charge is -2.22. The van der Waals surface area contributed by atoms with Gasteiger partial charge in [0.25, 0.3) is 0 Å². The van der Waals surface area contributed by atoms with Crippen LogP contribution in [0.15, 0.2) is 413 Å². The third kappa shape index (κ3) is 10.9. The van der Waals surface area contributed by atoms with Gasteiger partial charge in [-0.25, -0.2) is 0 Å². The van der Waals surface area contributed by atoms with Crippen molar-refractivity contribution in [1.29, 1.82) is 0 Å². The van der Waals surface area contributed by atoms with Crippen molar-refractivity contribution in [2.45, 2.75) is 0 Å². The highest BCUT2D eigenvalue weighted by Crippen LogP contribution is 2.60. The van der Waals surface area contributed by atoms with E-state index in [1.165, 1.54) is 259 Å². The van der Waals surface area contributed by atoms with Gasteiger partial charge >= 0.3 is 0 Å². The smallest absolute Gasteiger partial charge is 0.00996 e. The first-order chi connectivity index (χ1) is 61.3. The van der Waals surface area contributed by atoms with Crippen molar-refractivity contribution >= 4 is 200 Å².